The Morgan fingerprint density at radius 2 is 2.08 bits per heavy atom. The molecule has 7 heteroatoms. The van der Waals surface area contributed by atoms with Gasteiger partial charge in [-0.25, -0.2) is 4.98 Å². The summed E-state index contributed by atoms with van der Waals surface area (Å²) in [5.41, 5.74) is 0.165. The van der Waals surface area contributed by atoms with Gasteiger partial charge in [-0.1, -0.05) is 12.1 Å². The van der Waals surface area contributed by atoms with Crippen LogP contribution in [0.4, 0.5) is 0 Å². The molecule has 0 aliphatic rings. The summed E-state index contributed by atoms with van der Waals surface area (Å²) < 4.78 is 6.76. The molecule has 0 bridgehead atoms. The molecule has 0 saturated carbocycles. The number of hydrogen-bond acceptors (Lipinski definition) is 5. The third-order valence-electron chi connectivity index (χ3n) is 3.98. The van der Waals surface area contributed by atoms with E-state index in [9.17, 15) is 9.59 Å². The van der Waals surface area contributed by atoms with Crippen LogP contribution in [0.1, 0.15) is 21.0 Å². The summed E-state index contributed by atoms with van der Waals surface area (Å²) in [6.45, 7) is 0.675. The van der Waals surface area contributed by atoms with Gasteiger partial charge in [-0.2, -0.15) is 0 Å². The molecule has 6 nitrogen and oxygen atoms in total. The van der Waals surface area contributed by atoms with Gasteiger partial charge in [0.05, 0.1) is 19.4 Å². The Morgan fingerprint density at radius 1 is 1.15 bits per heavy atom. The van der Waals surface area contributed by atoms with E-state index in [1.807, 2.05) is 17.5 Å². The first-order valence-electron chi connectivity index (χ1n) is 8.03. The number of rotatable bonds is 5. The third-order valence-corrected chi connectivity index (χ3v) is 4.85. The summed E-state index contributed by atoms with van der Waals surface area (Å²) in [5.74, 6) is 0.286. The number of pyridine rings is 1. The molecule has 4 aromatic heterocycles. The van der Waals surface area contributed by atoms with Crippen LogP contribution in [0.15, 0.2) is 75.7 Å². The molecule has 0 atom stereocenters. The molecule has 0 aliphatic carbocycles. The SMILES string of the molecule is O=C(c1cnc2ccccn2c1=O)N(Cc1ccco1)Cc1cccs1. The van der Waals surface area contributed by atoms with Crippen LogP contribution in [-0.2, 0) is 13.1 Å². The maximum atomic E-state index is 13.1. The minimum atomic E-state index is -0.378. The van der Waals surface area contributed by atoms with Gasteiger partial charge in [-0.05, 0) is 35.7 Å². The van der Waals surface area contributed by atoms with Crippen molar-refractivity contribution in [1.29, 1.82) is 0 Å². The molecule has 0 fully saturated rings. The molecular weight excluding hydrogens is 350 g/mol. The molecule has 0 N–H and O–H groups in total. The van der Waals surface area contributed by atoms with Crippen LogP contribution in [0.2, 0.25) is 0 Å². The Hall–Kier alpha value is -3.19. The molecule has 0 spiro atoms. The maximum absolute atomic E-state index is 13.1. The van der Waals surface area contributed by atoms with Crippen molar-refractivity contribution in [2.45, 2.75) is 13.1 Å². The Balaban J connectivity index is 1.71. The second-order valence-corrected chi connectivity index (χ2v) is 6.76. The first-order chi connectivity index (χ1) is 12.7. The fraction of sp³-hybridized carbons (Fsp3) is 0.105. The van der Waals surface area contributed by atoms with Crippen LogP contribution < -0.4 is 5.56 Å². The Labute approximate surface area is 153 Å². The lowest BCUT2D eigenvalue weighted by atomic mass is 10.2. The number of hydrogen-bond donors (Lipinski definition) is 0. The normalized spacial score (nSPS) is 10.9. The monoisotopic (exact) mass is 365 g/mol. The van der Waals surface area contributed by atoms with E-state index in [1.54, 1.807) is 59.0 Å². The average Bonchev–Trinajstić information content (AvgIpc) is 3.35. The van der Waals surface area contributed by atoms with Gasteiger partial charge in [-0.3, -0.25) is 14.0 Å². The second-order valence-electron chi connectivity index (χ2n) is 5.73. The van der Waals surface area contributed by atoms with E-state index in [4.69, 9.17) is 4.42 Å². The molecule has 4 rings (SSSR count). The third kappa shape index (κ3) is 3.16. The molecule has 4 aromatic rings. The minimum Gasteiger partial charge on any atom is -0.467 e. The molecular formula is C19H15N3O3S. The average molecular weight is 365 g/mol. The van der Waals surface area contributed by atoms with Crippen LogP contribution >= 0.6 is 11.3 Å². The quantitative estimate of drug-likeness (QED) is 0.545. The van der Waals surface area contributed by atoms with Gasteiger partial charge in [0.2, 0.25) is 0 Å². The van der Waals surface area contributed by atoms with Crippen molar-refractivity contribution in [2.24, 2.45) is 0 Å². The summed E-state index contributed by atoms with van der Waals surface area (Å²) in [6.07, 6.45) is 4.52. The number of fused-ring (bicyclic) bond motifs is 1. The van der Waals surface area contributed by atoms with Crippen LogP contribution in [0, 0.1) is 0 Å². The van der Waals surface area contributed by atoms with Crippen molar-refractivity contribution in [3.05, 3.63) is 93.1 Å². The van der Waals surface area contributed by atoms with Crippen LogP contribution in [0.25, 0.3) is 5.65 Å². The summed E-state index contributed by atoms with van der Waals surface area (Å²) in [6, 6.07) is 12.7. The summed E-state index contributed by atoms with van der Waals surface area (Å²) in [7, 11) is 0. The van der Waals surface area contributed by atoms with Crippen molar-refractivity contribution in [3.63, 3.8) is 0 Å². The first kappa shape index (κ1) is 16.3. The van der Waals surface area contributed by atoms with Crippen molar-refractivity contribution in [2.75, 3.05) is 0 Å². The fourth-order valence-corrected chi connectivity index (χ4v) is 3.44. The van der Waals surface area contributed by atoms with E-state index >= 15 is 0 Å². The molecule has 0 radical (unpaired) electrons. The summed E-state index contributed by atoms with van der Waals surface area (Å²) >= 11 is 1.56. The van der Waals surface area contributed by atoms with Gasteiger partial charge < -0.3 is 9.32 Å². The van der Waals surface area contributed by atoms with Crippen LogP contribution in [0.3, 0.4) is 0 Å². The Kier molecular flexibility index (Phi) is 4.37. The number of thiophene rings is 1. The number of aromatic nitrogens is 2. The van der Waals surface area contributed by atoms with Crippen molar-refractivity contribution in [1.82, 2.24) is 14.3 Å². The van der Waals surface area contributed by atoms with Crippen LogP contribution in [-0.4, -0.2) is 20.2 Å². The lowest BCUT2D eigenvalue weighted by Crippen LogP contribution is -2.35. The van der Waals surface area contributed by atoms with Gasteiger partial charge in [0.25, 0.3) is 11.5 Å². The summed E-state index contributed by atoms with van der Waals surface area (Å²) in [5, 5.41) is 1.96. The highest BCUT2D eigenvalue weighted by Gasteiger charge is 2.22. The predicted octanol–water partition coefficient (Wildman–Crippen LogP) is 3.19. The number of furan rings is 1. The van der Waals surface area contributed by atoms with Gasteiger partial charge in [0.1, 0.15) is 17.0 Å². The topological polar surface area (TPSA) is 67.8 Å². The number of amides is 1. The fourth-order valence-electron chi connectivity index (χ4n) is 2.72. The lowest BCUT2D eigenvalue weighted by molar-refractivity contribution is 0.0717. The second kappa shape index (κ2) is 6.97. The summed E-state index contributed by atoms with van der Waals surface area (Å²) in [4.78, 5) is 32.7. The molecule has 26 heavy (non-hydrogen) atoms. The van der Waals surface area contributed by atoms with Gasteiger partial charge >= 0.3 is 0 Å². The molecule has 4 heterocycles. The smallest absolute Gasteiger partial charge is 0.270 e. The lowest BCUT2D eigenvalue weighted by Gasteiger charge is -2.21. The van der Waals surface area contributed by atoms with Crippen molar-refractivity contribution in [3.8, 4) is 0 Å². The minimum absolute atomic E-state index is 0.0387. The van der Waals surface area contributed by atoms with E-state index in [2.05, 4.69) is 4.98 Å². The number of nitrogens with zero attached hydrogens (tertiary/aromatic N) is 3. The molecule has 0 aromatic carbocycles. The van der Waals surface area contributed by atoms with E-state index < -0.39 is 0 Å². The highest BCUT2D eigenvalue weighted by molar-refractivity contribution is 7.09. The molecule has 0 unspecified atom stereocenters. The van der Waals surface area contributed by atoms with Crippen LogP contribution in [0.5, 0.6) is 0 Å². The van der Waals surface area contributed by atoms with E-state index in [1.165, 1.54) is 10.6 Å². The molecule has 0 aliphatic heterocycles. The van der Waals surface area contributed by atoms with Gasteiger partial charge in [0.15, 0.2) is 0 Å². The highest BCUT2D eigenvalue weighted by atomic mass is 32.1. The molecule has 130 valence electrons. The van der Waals surface area contributed by atoms with E-state index in [-0.39, 0.29) is 23.6 Å². The highest BCUT2D eigenvalue weighted by Crippen LogP contribution is 2.16. The van der Waals surface area contributed by atoms with Gasteiger partial charge in [0, 0.05) is 17.3 Å². The van der Waals surface area contributed by atoms with Crippen molar-refractivity contribution >= 4 is 22.9 Å². The molecule has 0 saturated heterocycles. The largest absolute Gasteiger partial charge is 0.467 e. The first-order valence-corrected chi connectivity index (χ1v) is 8.91. The number of carbonyl (C=O) groups excluding carboxylic acids is 1. The Bertz CT molecular complexity index is 1050. The predicted molar refractivity (Wildman–Crippen MR) is 98.1 cm³/mol. The van der Waals surface area contributed by atoms with E-state index in [0.29, 0.717) is 18.0 Å². The van der Waals surface area contributed by atoms with Crippen molar-refractivity contribution < 1.29 is 9.21 Å². The zero-order valence-electron chi connectivity index (χ0n) is 13.7. The Morgan fingerprint density at radius 3 is 2.85 bits per heavy atom. The van der Waals surface area contributed by atoms with E-state index in [0.717, 1.165) is 4.88 Å². The zero-order chi connectivity index (χ0) is 17.9. The standard InChI is InChI=1S/C19H15N3O3S/c23-18(16-11-20-17-7-1-2-8-22(17)19(16)24)21(12-14-5-3-9-25-14)13-15-6-4-10-26-15/h1-11H,12-13H2. The molecule has 1 amide bonds. The maximum Gasteiger partial charge on any atom is 0.270 e. The van der Waals surface area contributed by atoms with Gasteiger partial charge in [-0.15, -0.1) is 11.3 Å². The number of carbonyl (C=O) groups is 1. The zero-order valence-corrected chi connectivity index (χ0v) is 14.6.